The zero-order valence-corrected chi connectivity index (χ0v) is 15.1. The summed E-state index contributed by atoms with van der Waals surface area (Å²) in [7, 11) is 0. The predicted molar refractivity (Wildman–Crippen MR) is 94.6 cm³/mol. The van der Waals surface area contributed by atoms with Gasteiger partial charge in [0.1, 0.15) is 18.1 Å². The summed E-state index contributed by atoms with van der Waals surface area (Å²) >= 11 is 3.32. The fourth-order valence-corrected chi connectivity index (χ4v) is 2.34. The minimum Gasteiger partial charge on any atom is -0.486 e. The molecule has 0 spiro atoms. The van der Waals surface area contributed by atoms with E-state index in [4.69, 9.17) is 9.15 Å². The van der Waals surface area contributed by atoms with E-state index in [1.165, 1.54) is 6.07 Å². The molecule has 27 heavy (non-hydrogen) atoms. The molecule has 0 saturated heterocycles. The van der Waals surface area contributed by atoms with Crippen LogP contribution in [0.2, 0.25) is 0 Å². The Morgan fingerprint density at radius 2 is 1.74 bits per heavy atom. The molecule has 1 aromatic heterocycles. The van der Waals surface area contributed by atoms with E-state index < -0.39 is 29.0 Å². The normalized spacial score (nSPS) is 10.5. The van der Waals surface area contributed by atoms with Gasteiger partial charge in [0.2, 0.25) is 0 Å². The lowest BCUT2D eigenvalue weighted by molar-refractivity contribution is 0.0931. The molecule has 1 amide bonds. The molecule has 0 fully saturated rings. The summed E-state index contributed by atoms with van der Waals surface area (Å²) in [5.74, 6) is -4.20. The Balaban J connectivity index is 1.57. The van der Waals surface area contributed by atoms with Gasteiger partial charge in [0.05, 0.1) is 5.69 Å². The first-order chi connectivity index (χ1) is 12.9. The molecule has 3 rings (SSSR count). The van der Waals surface area contributed by atoms with Gasteiger partial charge in [-0.15, -0.1) is 0 Å². The van der Waals surface area contributed by atoms with E-state index in [0.29, 0.717) is 11.5 Å². The van der Waals surface area contributed by atoms with Gasteiger partial charge in [0, 0.05) is 4.47 Å². The molecule has 0 aliphatic heterocycles. The molecule has 9 heteroatoms. The highest BCUT2D eigenvalue weighted by Gasteiger charge is 2.15. The minimum atomic E-state index is -1.64. The number of carbonyl (C=O) groups is 1. The van der Waals surface area contributed by atoms with Crippen LogP contribution in [0.15, 0.2) is 57.4 Å². The maximum Gasteiger partial charge on any atom is 0.305 e. The molecule has 2 aromatic carbocycles. The lowest BCUT2D eigenvalue weighted by Gasteiger charge is -2.09. The van der Waals surface area contributed by atoms with Crippen LogP contribution in [0.1, 0.15) is 16.3 Å². The zero-order valence-electron chi connectivity index (χ0n) is 13.6. The third kappa shape index (κ3) is 4.62. The molecule has 5 nitrogen and oxygen atoms in total. The Labute approximate surface area is 160 Å². The van der Waals surface area contributed by atoms with Crippen molar-refractivity contribution >= 4 is 27.5 Å². The van der Waals surface area contributed by atoms with Gasteiger partial charge in [0.15, 0.2) is 23.2 Å². The maximum atomic E-state index is 13.5. The number of furan rings is 1. The Bertz CT molecular complexity index is 961. The maximum absolute atomic E-state index is 13.5. The molecule has 0 aliphatic carbocycles. The van der Waals surface area contributed by atoms with Crippen molar-refractivity contribution in [3.63, 3.8) is 0 Å². The quantitative estimate of drug-likeness (QED) is 0.427. The summed E-state index contributed by atoms with van der Waals surface area (Å²) in [4.78, 5) is 12.0. The average Bonchev–Trinajstić information content (AvgIpc) is 3.14. The largest absolute Gasteiger partial charge is 0.486 e. The highest BCUT2D eigenvalue weighted by Crippen LogP contribution is 2.20. The Hall–Kier alpha value is -2.94. The topological polar surface area (TPSA) is 63.5 Å². The van der Waals surface area contributed by atoms with Crippen LogP contribution in [-0.4, -0.2) is 5.91 Å². The van der Waals surface area contributed by atoms with Gasteiger partial charge in [-0.05, 0) is 48.5 Å². The first-order valence-electron chi connectivity index (χ1n) is 7.61. The van der Waals surface area contributed by atoms with E-state index >= 15 is 0 Å². The number of hydrazine groups is 1. The summed E-state index contributed by atoms with van der Waals surface area (Å²) in [6.45, 7) is 0.0974. The van der Waals surface area contributed by atoms with Gasteiger partial charge >= 0.3 is 5.91 Å². The number of rotatable bonds is 6. The van der Waals surface area contributed by atoms with Crippen molar-refractivity contribution in [2.45, 2.75) is 6.61 Å². The standard InChI is InChI=1S/C18H12BrF3N2O3/c19-10-1-3-11(4-2-10)26-9-12-5-8-15(27-12)18(25)24-23-14-7-6-13(20)16(21)17(14)22/h1-8,23H,9H2,(H,24,25). The van der Waals surface area contributed by atoms with Crippen LogP contribution >= 0.6 is 15.9 Å². The van der Waals surface area contributed by atoms with E-state index in [0.717, 1.165) is 16.6 Å². The molecule has 140 valence electrons. The van der Waals surface area contributed by atoms with Gasteiger partial charge in [-0.3, -0.25) is 15.6 Å². The van der Waals surface area contributed by atoms with Crippen LogP contribution < -0.4 is 15.6 Å². The smallest absolute Gasteiger partial charge is 0.305 e. The molecule has 1 heterocycles. The van der Waals surface area contributed by atoms with Crippen molar-refractivity contribution in [1.29, 1.82) is 0 Å². The summed E-state index contributed by atoms with van der Waals surface area (Å²) in [6, 6.07) is 11.8. The van der Waals surface area contributed by atoms with E-state index in [2.05, 4.69) is 26.8 Å². The SMILES string of the molecule is O=C(NNc1ccc(F)c(F)c1F)c1ccc(COc2ccc(Br)cc2)o1. The third-order valence-electron chi connectivity index (χ3n) is 3.43. The van der Waals surface area contributed by atoms with E-state index in [1.807, 2.05) is 12.1 Å². The minimum absolute atomic E-state index is 0.0695. The van der Waals surface area contributed by atoms with Crippen LogP contribution in [0.4, 0.5) is 18.9 Å². The molecule has 0 radical (unpaired) electrons. The van der Waals surface area contributed by atoms with Crippen LogP contribution in [-0.2, 0) is 6.61 Å². The second kappa shape index (κ2) is 8.17. The van der Waals surface area contributed by atoms with Gasteiger partial charge in [-0.1, -0.05) is 15.9 Å². The second-order valence-corrected chi connectivity index (χ2v) is 6.23. The monoisotopic (exact) mass is 440 g/mol. The summed E-state index contributed by atoms with van der Waals surface area (Å²) < 4.78 is 51.3. The molecular formula is C18H12BrF3N2O3. The van der Waals surface area contributed by atoms with Crippen LogP contribution in [0.25, 0.3) is 0 Å². The van der Waals surface area contributed by atoms with E-state index in [-0.39, 0.29) is 12.4 Å². The van der Waals surface area contributed by atoms with Gasteiger partial charge in [-0.2, -0.15) is 0 Å². The van der Waals surface area contributed by atoms with Crippen molar-refractivity contribution in [3.8, 4) is 5.75 Å². The Kier molecular flexibility index (Phi) is 5.70. The first-order valence-corrected chi connectivity index (χ1v) is 8.40. The molecule has 0 bridgehead atoms. The molecular weight excluding hydrogens is 429 g/mol. The number of hydrogen-bond donors (Lipinski definition) is 2. The number of hydrogen-bond acceptors (Lipinski definition) is 4. The van der Waals surface area contributed by atoms with Crippen molar-refractivity contribution in [1.82, 2.24) is 5.43 Å². The van der Waals surface area contributed by atoms with Gasteiger partial charge in [0.25, 0.3) is 0 Å². The Morgan fingerprint density at radius 1 is 1.00 bits per heavy atom. The third-order valence-corrected chi connectivity index (χ3v) is 3.95. The van der Waals surface area contributed by atoms with Crippen LogP contribution in [0, 0.1) is 17.5 Å². The number of anilines is 1. The second-order valence-electron chi connectivity index (χ2n) is 5.31. The number of ether oxygens (including phenoxy) is 1. The molecule has 3 aromatic rings. The van der Waals surface area contributed by atoms with Crippen molar-refractivity contribution < 1.29 is 27.1 Å². The molecule has 0 unspecified atom stereocenters. The highest BCUT2D eigenvalue weighted by molar-refractivity contribution is 9.10. The lowest BCUT2D eigenvalue weighted by Crippen LogP contribution is -2.29. The Morgan fingerprint density at radius 3 is 2.48 bits per heavy atom. The molecule has 2 N–H and O–H groups in total. The van der Waals surface area contributed by atoms with Crippen LogP contribution in [0.5, 0.6) is 5.75 Å². The molecule has 0 atom stereocenters. The van der Waals surface area contributed by atoms with Crippen molar-refractivity contribution in [2.75, 3.05) is 5.43 Å². The van der Waals surface area contributed by atoms with Gasteiger partial charge < -0.3 is 9.15 Å². The zero-order chi connectivity index (χ0) is 19.4. The molecule has 0 aliphatic rings. The number of amides is 1. The summed E-state index contributed by atoms with van der Waals surface area (Å²) in [6.07, 6.45) is 0. The molecule has 0 saturated carbocycles. The van der Waals surface area contributed by atoms with Crippen molar-refractivity contribution in [2.24, 2.45) is 0 Å². The summed E-state index contributed by atoms with van der Waals surface area (Å²) in [5.41, 5.74) is 3.89. The number of benzene rings is 2. The van der Waals surface area contributed by atoms with Crippen molar-refractivity contribution in [3.05, 3.63) is 82.0 Å². The highest BCUT2D eigenvalue weighted by atomic mass is 79.9. The van der Waals surface area contributed by atoms with Crippen LogP contribution in [0.3, 0.4) is 0 Å². The van der Waals surface area contributed by atoms with Gasteiger partial charge in [-0.25, -0.2) is 13.2 Å². The summed E-state index contributed by atoms with van der Waals surface area (Å²) in [5, 5.41) is 0. The van der Waals surface area contributed by atoms with E-state index in [1.54, 1.807) is 18.2 Å². The predicted octanol–water partition coefficient (Wildman–Crippen LogP) is 4.80. The number of halogens is 4. The lowest BCUT2D eigenvalue weighted by atomic mass is 10.3. The average molecular weight is 441 g/mol. The number of carbonyl (C=O) groups excluding carboxylic acids is 1. The number of nitrogens with one attached hydrogen (secondary N) is 2. The fourth-order valence-electron chi connectivity index (χ4n) is 2.07. The van der Waals surface area contributed by atoms with E-state index in [9.17, 15) is 18.0 Å². The first kappa shape index (κ1) is 18.8. The fraction of sp³-hybridized carbons (Fsp3) is 0.0556.